The summed E-state index contributed by atoms with van der Waals surface area (Å²) < 4.78 is 29.4. The SMILES string of the molecule is CN=C(NCCc1cc(F)cc2c1OCOC2)N1CCC(C(=O)OC)CC1.I. The van der Waals surface area contributed by atoms with Crippen LogP contribution in [-0.2, 0) is 27.3 Å². The molecule has 2 aliphatic rings. The summed E-state index contributed by atoms with van der Waals surface area (Å²) in [6, 6.07) is 2.96. The zero-order valence-electron chi connectivity index (χ0n) is 16.2. The third-order valence-corrected chi connectivity index (χ3v) is 4.97. The lowest BCUT2D eigenvalue weighted by Crippen LogP contribution is -2.47. The molecule has 1 saturated heterocycles. The number of ether oxygens (including phenoxy) is 3. The van der Waals surface area contributed by atoms with E-state index in [2.05, 4.69) is 15.2 Å². The Bertz CT molecular complexity index is 709. The molecule has 0 saturated carbocycles. The molecule has 1 fully saturated rings. The highest BCUT2D eigenvalue weighted by Crippen LogP contribution is 2.29. The van der Waals surface area contributed by atoms with E-state index in [1.807, 2.05) is 0 Å². The first-order valence-electron chi connectivity index (χ1n) is 9.17. The van der Waals surface area contributed by atoms with Crippen LogP contribution < -0.4 is 10.1 Å². The van der Waals surface area contributed by atoms with Crippen LogP contribution in [0.3, 0.4) is 0 Å². The van der Waals surface area contributed by atoms with Crippen molar-refractivity contribution in [2.75, 3.05) is 40.6 Å². The van der Waals surface area contributed by atoms with Gasteiger partial charge in [0, 0.05) is 32.2 Å². The number of rotatable bonds is 4. The van der Waals surface area contributed by atoms with Gasteiger partial charge in [0.25, 0.3) is 0 Å². The van der Waals surface area contributed by atoms with Gasteiger partial charge in [0.2, 0.25) is 0 Å². The molecule has 0 atom stereocenters. The largest absolute Gasteiger partial charge is 0.469 e. The molecular formula is C19H27FIN3O4. The molecule has 28 heavy (non-hydrogen) atoms. The number of nitrogens with zero attached hydrogens (tertiary/aromatic N) is 2. The Hall–Kier alpha value is -1.62. The lowest BCUT2D eigenvalue weighted by atomic mass is 9.97. The van der Waals surface area contributed by atoms with Crippen molar-refractivity contribution < 1.29 is 23.4 Å². The number of carbonyl (C=O) groups excluding carboxylic acids is 1. The van der Waals surface area contributed by atoms with Crippen LogP contribution in [-0.4, -0.2) is 57.4 Å². The van der Waals surface area contributed by atoms with Gasteiger partial charge in [-0.25, -0.2) is 4.39 Å². The van der Waals surface area contributed by atoms with Crippen molar-refractivity contribution in [1.29, 1.82) is 0 Å². The monoisotopic (exact) mass is 507 g/mol. The van der Waals surface area contributed by atoms with Gasteiger partial charge in [-0.05, 0) is 37.0 Å². The van der Waals surface area contributed by atoms with Gasteiger partial charge in [0.15, 0.2) is 12.8 Å². The average Bonchev–Trinajstić information content (AvgIpc) is 2.70. The minimum atomic E-state index is -0.285. The number of carbonyl (C=O) groups is 1. The van der Waals surface area contributed by atoms with Gasteiger partial charge in [-0.2, -0.15) is 0 Å². The number of hydrogen-bond donors (Lipinski definition) is 1. The van der Waals surface area contributed by atoms with E-state index in [1.54, 1.807) is 7.05 Å². The van der Waals surface area contributed by atoms with E-state index in [0.29, 0.717) is 19.6 Å². The van der Waals surface area contributed by atoms with Crippen LogP contribution in [0.4, 0.5) is 4.39 Å². The molecule has 1 N–H and O–H groups in total. The van der Waals surface area contributed by atoms with Crippen LogP contribution >= 0.6 is 24.0 Å². The minimum absolute atomic E-state index is 0. The van der Waals surface area contributed by atoms with E-state index >= 15 is 0 Å². The van der Waals surface area contributed by atoms with Gasteiger partial charge in [0.05, 0.1) is 19.6 Å². The first-order valence-corrected chi connectivity index (χ1v) is 9.17. The maximum absolute atomic E-state index is 13.8. The van der Waals surface area contributed by atoms with Gasteiger partial charge < -0.3 is 24.4 Å². The van der Waals surface area contributed by atoms with Gasteiger partial charge >= 0.3 is 5.97 Å². The Morgan fingerprint density at radius 1 is 1.39 bits per heavy atom. The van der Waals surface area contributed by atoms with Crippen molar-refractivity contribution in [2.45, 2.75) is 25.9 Å². The fraction of sp³-hybridized carbons (Fsp3) is 0.579. The Balaban J connectivity index is 0.00000280. The number of nitrogens with one attached hydrogen (secondary N) is 1. The van der Waals surface area contributed by atoms with E-state index in [-0.39, 0.29) is 48.5 Å². The summed E-state index contributed by atoms with van der Waals surface area (Å²) in [6.45, 7) is 2.65. The normalized spacial score (nSPS) is 17.2. The smallest absolute Gasteiger partial charge is 0.308 e. The highest BCUT2D eigenvalue weighted by atomic mass is 127. The van der Waals surface area contributed by atoms with E-state index in [4.69, 9.17) is 14.2 Å². The second-order valence-electron chi connectivity index (χ2n) is 6.67. The van der Waals surface area contributed by atoms with E-state index in [0.717, 1.165) is 48.8 Å². The third-order valence-electron chi connectivity index (χ3n) is 4.97. The lowest BCUT2D eigenvalue weighted by Gasteiger charge is -2.33. The summed E-state index contributed by atoms with van der Waals surface area (Å²) in [5, 5.41) is 3.32. The first-order chi connectivity index (χ1) is 13.1. The summed E-state index contributed by atoms with van der Waals surface area (Å²) in [5.41, 5.74) is 1.56. The number of methoxy groups -OCH3 is 1. The highest BCUT2D eigenvalue weighted by Gasteiger charge is 2.27. The van der Waals surface area contributed by atoms with E-state index in [9.17, 15) is 9.18 Å². The molecule has 0 aliphatic carbocycles. The molecule has 0 aromatic heterocycles. The molecule has 0 amide bonds. The Morgan fingerprint density at radius 3 is 2.82 bits per heavy atom. The van der Waals surface area contributed by atoms with Crippen molar-refractivity contribution in [3.63, 3.8) is 0 Å². The topological polar surface area (TPSA) is 72.4 Å². The Labute approximate surface area is 181 Å². The molecule has 3 rings (SSSR count). The minimum Gasteiger partial charge on any atom is -0.469 e. The number of halogens is 2. The van der Waals surface area contributed by atoms with Crippen molar-refractivity contribution in [2.24, 2.45) is 10.9 Å². The molecule has 0 unspecified atom stereocenters. The molecule has 1 aromatic rings. The lowest BCUT2D eigenvalue weighted by molar-refractivity contribution is -0.146. The second-order valence-corrected chi connectivity index (χ2v) is 6.67. The fourth-order valence-electron chi connectivity index (χ4n) is 3.58. The number of likely N-dealkylation sites (tertiary alicyclic amines) is 1. The first kappa shape index (κ1) is 22.7. The van der Waals surface area contributed by atoms with Gasteiger partial charge in [-0.3, -0.25) is 9.79 Å². The zero-order valence-corrected chi connectivity index (χ0v) is 18.5. The van der Waals surface area contributed by atoms with Crippen LogP contribution in [0.1, 0.15) is 24.0 Å². The maximum atomic E-state index is 13.8. The Kier molecular flexibility index (Phi) is 8.74. The summed E-state index contributed by atoms with van der Waals surface area (Å²) in [5.74, 6) is 1.04. The van der Waals surface area contributed by atoms with Crippen molar-refractivity contribution in [3.8, 4) is 5.75 Å². The summed E-state index contributed by atoms with van der Waals surface area (Å²) in [6.07, 6.45) is 2.11. The van der Waals surface area contributed by atoms with Crippen LogP contribution in [0.25, 0.3) is 0 Å². The third kappa shape index (κ3) is 5.47. The molecule has 0 radical (unpaired) electrons. The molecule has 0 bridgehead atoms. The summed E-state index contributed by atoms with van der Waals surface area (Å²) in [4.78, 5) is 18.1. The van der Waals surface area contributed by atoms with Crippen molar-refractivity contribution in [3.05, 3.63) is 29.1 Å². The van der Waals surface area contributed by atoms with E-state index in [1.165, 1.54) is 19.2 Å². The molecule has 1 aromatic carbocycles. The number of hydrogen-bond acceptors (Lipinski definition) is 5. The highest BCUT2D eigenvalue weighted by molar-refractivity contribution is 14.0. The number of fused-ring (bicyclic) bond motifs is 1. The second kappa shape index (κ2) is 10.8. The summed E-state index contributed by atoms with van der Waals surface area (Å²) >= 11 is 0. The van der Waals surface area contributed by atoms with Crippen molar-refractivity contribution >= 4 is 35.9 Å². The molecular weight excluding hydrogens is 480 g/mol. The molecule has 0 spiro atoms. The quantitative estimate of drug-likeness (QED) is 0.292. The number of aliphatic imine (C=N–C) groups is 1. The van der Waals surface area contributed by atoms with Gasteiger partial charge in [-0.1, -0.05) is 0 Å². The van der Waals surface area contributed by atoms with Gasteiger partial charge in [0.1, 0.15) is 11.6 Å². The number of benzene rings is 1. The molecule has 2 aliphatic heterocycles. The molecule has 156 valence electrons. The molecule has 9 heteroatoms. The van der Waals surface area contributed by atoms with Crippen LogP contribution in [0.2, 0.25) is 0 Å². The fourth-order valence-corrected chi connectivity index (χ4v) is 3.58. The van der Waals surface area contributed by atoms with Crippen LogP contribution in [0.15, 0.2) is 17.1 Å². The Morgan fingerprint density at radius 2 is 2.14 bits per heavy atom. The average molecular weight is 507 g/mol. The number of piperidine rings is 1. The molecule has 7 nitrogen and oxygen atoms in total. The van der Waals surface area contributed by atoms with Gasteiger partial charge in [-0.15, -0.1) is 24.0 Å². The maximum Gasteiger partial charge on any atom is 0.308 e. The van der Waals surface area contributed by atoms with Crippen LogP contribution in [0.5, 0.6) is 5.75 Å². The predicted molar refractivity (Wildman–Crippen MR) is 113 cm³/mol. The predicted octanol–water partition coefficient (Wildman–Crippen LogP) is 2.31. The molecule has 2 heterocycles. The zero-order chi connectivity index (χ0) is 19.2. The van der Waals surface area contributed by atoms with Crippen molar-refractivity contribution in [1.82, 2.24) is 10.2 Å². The summed E-state index contributed by atoms with van der Waals surface area (Å²) in [7, 11) is 3.16. The number of guanidine groups is 1. The number of esters is 1. The van der Waals surface area contributed by atoms with E-state index < -0.39 is 0 Å². The van der Waals surface area contributed by atoms with Crippen LogP contribution in [0, 0.1) is 11.7 Å². The standard InChI is InChI=1S/C19H26FN3O4.HI/c1-21-19(23-7-4-13(5-8-23)18(24)25-2)22-6-3-14-9-16(20)10-15-11-26-12-27-17(14)15;/h9-10,13H,3-8,11-12H2,1-2H3,(H,21,22);1H.